The number of nitrogens with one attached hydrogen (secondary N) is 3. The van der Waals surface area contributed by atoms with Crippen molar-refractivity contribution in [3.63, 3.8) is 0 Å². The number of nitrogens with zero attached hydrogens (tertiary/aromatic N) is 5. The Labute approximate surface area is 290 Å². The number of halogens is 8. The minimum atomic E-state index is -5.04. The van der Waals surface area contributed by atoms with Crippen LogP contribution in [0, 0.1) is 0 Å². The third kappa shape index (κ3) is 9.49. The molecule has 0 atom stereocenters. The molecule has 1 saturated heterocycles. The maximum atomic E-state index is 13.2. The zero-order valence-corrected chi connectivity index (χ0v) is 28.0. The third-order valence-corrected chi connectivity index (χ3v) is 9.09. The fourth-order valence-corrected chi connectivity index (χ4v) is 6.55. The van der Waals surface area contributed by atoms with E-state index in [1.165, 1.54) is 5.06 Å². The van der Waals surface area contributed by atoms with Gasteiger partial charge in [-0.05, 0) is 69.6 Å². The summed E-state index contributed by atoms with van der Waals surface area (Å²) < 4.78 is 81.3. The summed E-state index contributed by atoms with van der Waals surface area (Å²) in [6.07, 6.45) is -0.302. The second-order valence-electron chi connectivity index (χ2n) is 12.6. The molecule has 272 valence electrons. The molecule has 3 aliphatic rings. The Bertz CT molecular complexity index is 1540. The second kappa shape index (κ2) is 15.7. The number of nitrogens with two attached hydrogens (primary N) is 1. The molecule has 5 N–H and O–H groups in total. The lowest BCUT2D eigenvalue weighted by Gasteiger charge is -2.31. The number of carbonyl (C=O) groups excluding carboxylic acids is 1. The first-order valence-corrected chi connectivity index (χ1v) is 15.9. The normalized spacial score (nSPS) is 21.1. The van der Waals surface area contributed by atoms with Crippen molar-refractivity contribution in [3.8, 4) is 0 Å². The smallest absolute Gasteiger partial charge is 0.365 e. The zero-order valence-electron chi connectivity index (χ0n) is 26.3. The average Bonchev–Trinajstić information content (AvgIpc) is 3.69. The van der Waals surface area contributed by atoms with Gasteiger partial charge in [-0.15, -0.1) is 29.9 Å². The highest BCUT2D eigenvalue weighted by Crippen LogP contribution is 2.38. The number of alkyl halides is 6. The molecule has 3 aromatic rings. The SMILES string of the molecule is Cl.Cl.NC1CCC(Nc2nc(NC3CCN(OC(=O)Nc4cc(C(F)(F)F)cc(C(F)(F)F)c4)CC3)c3ncn(C4CCCC4)c3n2)CC1. The van der Waals surface area contributed by atoms with Crippen molar-refractivity contribution in [2.75, 3.05) is 29.0 Å². The monoisotopic (exact) mass is 741 g/mol. The predicted molar refractivity (Wildman–Crippen MR) is 176 cm³/mol. The van der Waals surface area contributed by atoms with Gasteiger partial charge in [0.2, 0.25) is 5.95 Å². The lowest BCUT2D eigenvalue weighted by molar-refractivity contribution is -0.143. The molecule has 2 aromatic heterocycles. The number of hydrogen-bond acceptors (Lipinski definition) is 9. The molecule has 1 amide bonds. The van der Waals surface area contributed by atoms with Crippen LogP contribution in [0.2, 0.25) is 0 Å². The van der Waals surface area contributed by atoms with Crippen LogP contribution < -0.4 is 21.7 Å². The van der Waals surface area contributed by atoms with Crippen molar-refractivity contribution < 1.29 is 36.0 Å². The number of benzene rings is 1. The number of aromatic nitrogens is 4. The van der Waals surface area contributed by atoms with Crippen LogP contribution in [0.25, 0.3) is 11.2 Å². The Kier molecular flexibility index (Phi) is 12.4. The number of carbonyl (C=O) groups is 1. The average molecular weight is 743 g/mol. The van der Waals surface area contributed by atoms with E-state index in [0.29, 0.717) is 48.3 Å². The number of piperidine rings is 1. The first kappa shape index (κ1) is 38.5. The van der Waals surface area contributed by atoms with E-state index < -0.39 is 35.3 Å². The number of hydrogen-bond donors (Lipinski definition) is 4. The van der Waals surface area contributed by atoms with Crippen LogP contribution in [0.3, 0.4) is 0 Å². The minimum Gasteiger partial charge on any atom is -0.365 e. The molecule has 1 aromatic carbocycles. The molecule has 0 unspecified atom stereocenters. The van der Waals surface area contributed by atoms with Crippen LogP contribution in [0.4, 0.5) is 48.6 Å². The van der Waals surface area contributed by atoms with Crippen molar-refractivity contribution in [1.82, 2.24) is 24.6 Å². The van der Waals surface area contributed by atoms with Crippen LogP contribution >= 0.6 is 24.8 Å². The zero-order chi connectivity index (χ0) is 33.3. The topological polar surface area (TPSA) is 135 Å². The Morgan fingerprint density at radius 1 is 0.816 bits per heavy atom. The Balaban J connectivity index is 0.00000270. The van der Waals surface area contributed by atoms with E-state index in [1.807, 2.05) is 11.6 Å². The highest BCUT2D eigenvalue weighted by Gasteiger charge is 2.37. The van der Waals surface area contributed by atoms with Crippen molar-refractivity contribution in [2.45, 2.75) is 101 Å². The molecule has 0 spiro atoms. The molecule has 3 fully saturated rings. The first-order chi connectivity index (χ1) is 22.3. The van der Waals surface area contributed by atoms with Gasteiger partial charge in [-0.1, -0.05) is 12.8 Å². The number of anilines is 3. The number of imidazole rings is 1. The molecule has 19 heteroatoms. The number of fused-ring (bicyclic) bond motifs is 1. The summed E-state index contributed by atoms with van der Waals surface area (Å²) >= 11 is 0. The summed E-state index contributed by atoms with van der Waals surface area (Å²) in [7, 11) is 0. The minimum absolute atomic E-state index is 0. The molecule has 6 rings (SSSR count). The number of hydroxylamine groups is 2. The summed E-state index contributed by atoms with van der Waals surface area (Å²) in [6.45, 7) is 0.527. The molecular weight excluding hydrogens is 703 g/mol. The van der Waals surface area contributed by atoms with E-state index in [-0.39, 0.29) is 62.1 Å². The van der Waals surface area contributed by atoms with Gasteiger partial charge < -0.3 is 25.8 Å². The molecule has 3 heterocycles. The quantitative estimate of drug-likeness (QED) is 0.181. The third-order valence-electron chi connectivity index (χ3n) is 9.09. The summed E-state index contributed by atoms with van der Waals surface area (Å²) in [5, 5.41) is 10.3. The Hall–Kier alpha value is -3.28. The Morgan fingerprint density at radius 2 is 1.41 bits per heavy atom. The molecule has 11 nitrogen and oxygen atoms in total. The standard InChI is InChI=1S/C30H37F6N9O2.2ClH/c31-29(32,33)17-13-18(30(34,35)36)15-22(14-17)41-28(46)47-44-11-9-21(10-12-44)39-25-24-26(45(16-38-24)23-3-1-2-4-23)43-27(42-25)40-20-7-5-19(37)6-8-20;;/h13-16,19-21,23H,1-12,37H2,(H,41,46)(H2,39,40,42,43);2*1H. The van der Waals surface area contributed by atoms with Gasteiger partial charge in [0, 0.05) is 42.9 Å². The maximum absolute atomic E-state index is 13.2. The summed E-state index contributed by atoms with van der Waals surface area (Å²) in [4.78, 5) is 32.0. The van der Waals surface area contributed by atoms with Gasteiger partial charge in [0.1, 0.15) is 0 Å². The molecule has 0 bridgehead atoms. The van der Waals surface area contributed by atoms with Gasteiger partial charge in [0.05, 0.1) is 17.5 Å². The van der Waals surface area contributed by atoms with Gasteiger partial charge in [0.25, 0.3) is 0 Å². The number of amides is 1. The van der Waals surface area contributed by atoms with Gasteiger partial charge in [-0.25, -0.2) is 9.78 Å². The molecule has 2 saturated carbocycles. The molecule has 1 aliphatic heterocycles. The molecule has 49 heavy (non-hydrogen) atoms. The number of rotatable bonds is 7. The fraction of sp³-hybridized carbons (Fsp3) is 0.600. The van der Waals surface area contributed by atoms with Crippen LogP contribution in [0.1, 0.15) is 81.4 Å². The molecular formula is C30H39Cl2F6N9O2. The van der Waals surface area contributed by atoms with Gasteiger partial charge in [-0.3, -0.25) is 5.32 Å². The van der Waals surface area contributed by atoms with Crippen LogP contribution in [-0.4, -0.2) is 61.9 Å². The van der Waals surface area contributed by atoms with Gasteiger partial charge in [0.15, 0.2) is 17.0 Å². The van der Waals surface area contributed by atoms with Crippen LogP contribution in [0.15, 0.2) is 24.5 Å². The predicted octanol–water partition coefficient (Wildman–Crippen LogP) is 7.54. The molecule has 2 aliphatic carbocycles. The maximum Gasteiger partial charge on any atom is 0.430 e. The fourth-order valence-electron chi connectivity index (χ4n) is 6.55. The van der Waals surface area contributed by atoms with Crippen LogP contribution in [0.5, 0.6) is 0 Å². The van der Waals surface area contributed by atoms with E-state index in [4.69, 9.17) is 20.5 Å². The van der Waals surface area contributed by atoms with Crippen molar-refractivity contribution >= 4 is 59.5 Å². The van der Waals surface area contributed by atoms with E-state index in [2.05, 4.69) is 20.2 Å². The van der Waals surface area contributed by atoms with Crippen molar-refractivity contribution in [2.24, 2.45) is 5.73 Å². The molecule has 0 radical (unpaired) electrons. The summed E-state index contributed by atoms with van der Waals surface area (Å²) in [6, 6.07) is 1.51. The first-order valence-electron chi connectivity index (χ1n) is 15.9. The van der Waals surface area contributed by atoms with E-state index in [0.717, 1.165) is 57.0 Å². The van der Waals surface area contributed by atoms with Gasteiger partial charge in [-0.2, -0.15) is 36.3 Å². The lowest BCUT2D eigenvalue weighted by Crippen LogP contribution is -2.41. The highest BCUT2D eigenvalue weighted by molar-refractivity contribution is 5.86. The highest BCUT2D eigenvalue weighted by atomic mass is 35.5. The lowest BCUT2D eigenvalue weighted by atomic mass is 9.92. The summed E-state index contributed by atoms with van der Waals surface area (Å²) in [5.41, 5.74) is 3.74. The largest absolute Gasteiger partial charge is 0.430 e. The second-order valence-corrected chi connectivity index (χ2v) is 12.6. The van der Waals surface area contributed by atoms with E-state index in [1.54, 1.807) is 0 Å². The Morgan fingerprint density at radius 3 is 2.00 bits per heavy atom. The summed E-state index contributed by atoms with van der Waals surface area (Å²) in [5.74, 6) is 1.10. The van der Waals surface area contributed by atoms with Crippen LogP contribution in [-0.2, 0) is 17.2 Å². The van der Waals surface area contributed by atoms with E-state index >= 15 is 0 Å². The van der Waals surface area contributed by atoms with E-state index in [9.17, 15) is 31.1 Å². The van der Waals surface area contributed by atoms with Crippen molar-refractivity contribution in [1.29, 1.82) is 0 Å². The van der Waals surface area contributed by atoms with Gasteiger partial charge >= 0.3 is 18.4 Å². The van der Waals surface area contributed by atoms with Crippen molar-refractivity contribution in [3.05, 3.63) is 35.7 Å².